The van der Waals surface area contributed by atoms with Crippen LogP contribution in [-0.2, 0) is 14.3 Å². The maximum absolute atomic E-state index is 12.9. The number of methoxy groups -OCH3 is 1. The first-order valence-electron chi connectivity index (χ1n) is 11.5. The number of aliphatic carboxylic acids is 1. The number of carbonyl (C=O) groups excluding carboxylic acids is 1. The summed E-state index contributed by atoms with van der Waals surface area (Å²) in [6.45, 7) is 6.26. The van der Waals surface area contributed by atoms with E-state index in [1.165, 1.54) is 0 Å². The number of nitrogens with one attached hydrogen (secondary N) is 2. The Morgan fingerprint density at radius 3 is 2.56 bits per heavy atom. The van der Waals surface area contributed by atoms with Crippen molar-refractivity contribution in [2.75, 3.05) is 49.0 Å². The van der Waals surface area contributed by atoms with Crippen LogP contribution in [0.25, 0.3) is 0 Å². The van der Waals surface area contributed by atoms with Gasteiger partial charge in [0.25, 0.3) is 0 Å². The first kappa shape index (κ1) is 25.4. The van der Waals surface area contributed by atoms with E-state index in [1.807, 2.05) is 18.2 Å². The van der Waals surface area contributed by atoms with Crippen LogP contribution in [0, 0.1) is 6.92 Å². The first-order valence-corrected chi connectivity index (χ1v) is 11.5. The summed E-state index contributed by atoms with van der Waals surface area (Å²) >= 11 is 0. The zero-order chi connectivity index (χ0) is 24.5. The molecule has 1 aromatic heterocycles. The average molecular weight is 472 g/mol. The Morgan fingerprint density at radius 2 is 1.94 bits per heavy atom. The van der Waals surface area contributed by atoms with E-state index in [0.29, 0.717) is 30.4 Å². The minimum Gasteiger partial charge on any atom is -0.481 e. The number of carboxylic acids is 1. The van der Waals surface area contributed by atoms with Crippen molar-refractivity contribution in [1.29, 1.82) is 0 Å². The third-order valence-corrected chi connectivity index (χ3v) is 5.85. The highest BCUT2D eigenvalue weighted by Crippen LogP contribution is 2.34. The van der Waals surface area contributed by atoms with Crippen LogP contribution < -0.4 is 15.5 Å². The number of aromatic nitrogens is 2. The highest BCUT2D eigenvalue weighted by Gasteiger charge is 2.25. The molecule has 0 unspecified atom stereocenters. The van der Waals surface area contributed by atoms with Crippen molar-refractivity contribution in [2.24, 2.45) is 0 Å². The van der Waals surface area contributed by atoms with Crippen molar-refractivity contribution >= 4 is 29.1 Å². The molecule has 1 fully saturated rings. The molecule has 3 N–H and O–H groups in total. The molecule has 0 radical (unpaired) electrons. The van der Waals surface area contributed by atoms with Gasteiger partial charge in [-0.15, -0.1) is 0 Å². The van der Waals surface area contributed by atoms with Gasteiger partial charge < -0.3 is 30.1 Å². The molecular weight excluding hydrogens is 438 g/mol. The van der Waals surface area contributed by atoms with Crippen molar-refractivity contribution in [3.05, 3.63) is 42.0 Å². The monoisotopic (exact) mass is 471 g/mol. The molecule has 0 spiro atoms. The lowest BCUT2D eigenvalue weighted by atomic mass is 9.95. The van der Waals surface area contributed by atoms with Crippen molar-refractivity contribution < 1.29 is 24.2 Å². The first-order chi connectivity index (χ1) is 16.4. The smallest absolute Gasteiger partial charge is 0.323 e. The summed E-state index contributed by atoms with van der Waals surface area (Å²) in [6.07, 6.45) is 4.81. The van der Waals surface area contributed by atoms with Gasteiger partial charge in [0.05, 0.1) is 42.5 Å². The molecule has 0 aliphatic carbocycles. The molecule has 1 saturated heterocycles. The van der Waals surface area contributed by atoms with Crippen molar-refractivity contribution in [3.63, 3.8) is 0 Å². The summed E-state index contributed by atoms with van der Waals surface area (Å²) in [4.78, 5) is 34.7. The van der Waals surface area contributed by atoms with Crippen LogP contribution in [0.1, 0.15) is 43.5 Å². The predicted molar refractivity (Wildman–Crippen MR) is 130 cm³/mol. The number of nitrogens with zero attached hydrogens (tertiary/aromatic N) is 3. The summed E-state index contributed by atoms with van der Waals surface area (Å²) in [6, 6.07) is 5.56. The number of hydrogen-bond acceptors (Lipinski definition) is 7. The summed E-state index contributed by atoms with van der Waals surface area (Å²) in [5.74, 6) is -0.641. The van der Waals surface area contributed by atoms with Gasteiger partial charge in [-0.05, 0) is 44.4 Å². The molecule has 34 heavy (non-hydrogen) atoms. The molecular formula is C24H33N5O5. The second-order valence-electron chi connectivity index (χ2n) is 8.25. The third-order valence-electron chi connectivity index (χ3n) is 5.85. The lowest BCUT2D eigenvalue weighted by Crippen LogP contribution is -2.40. The zero-order valence-corrected chi connectivity index (χ0v) is 19.9. The van der Waals surface area contributed by atoms with Crippen LogP contribution >= 0.6 is 0 Å². The van der Waals surface area contributed by atoms with Crippen LogP contribution in [0.5, 0.6) is 0 Å². The normalized spacial score (nSPS) is 14.9. The molecule has 0 saturated carbocycles. The Hall–Kier alpha value is -3.24. The van der Waals surface area contributed by atoms with Gasteiger partial charge in [0, 0.05) is 38.8 Å². The Labute approximate surface area is 199 Å². The highest BCUT2D eigenvalue weighted by molar-refractivity contribution is 6.01. The largest absolute Gasteiger partial charge is 0.481 e. The molecule has 1 aromatic carbocycles. The van der Waals surface area contributed by atoms with E-state index in [9.17, 15) is 14.7 Å². The van der Waals surface area contributed by atoms with E-state index in [1.54, 1.807) is 26.4 Å². The van der Waals surface area contributed by atoms with Gasteiger partial charge in [0.15, 0.2) is 0 Å². The number of urea groups is 1. The standard InChI is InChI=1S/C24H33N5O5/c1-4-29(20-7-9-34-10-8-20)22-6-5-17(18(15-33-3)12-23(30)31)11-21(22)28-24(32)27-19-13-25-16(2)26-14-19/h5-6,11,13-14,18,20H,4,7-10,12,15H2,1-3H3,(H,30,31)(H2,27,28,32)/t18-/m0/s1. The molecule has 2 amide bonds. The number of amides is 2. The van der Waals surface area contributed by atoms with Gasteiger partial charge in [-0.3, -0.25) is 4.79 Å². The summed E-state index contributed by atoms with van der Waals surface area (Å²) < 4.78 is 10.8. The van der Waals surface area contributed by atoms with E-state index >= 15 is 0 Å². The number of carboxylic acid groups (broad SMARTS) is 1. The average Bonchev–Trinajstić information content (AvgIpc) is 2.82. The summed E-state index contributed by atoms with van der Waals surface area (Å²) in [5, 5.41) is 15.1. The lowest BCUT2D eigenvalue weighted by Gasteiger charge is -2.36. The van der Waals surface area contributed by atoms with Gasteiger partial charge in [-0.25, -0.2) is 14.8 Å². The molecule has 1 aliphatic heterocycles. The second-order valence-corrected chi connectivity index (χ2v) is 8.25. The number of rotatable bonds is 10. The fourth-order valence-electron chi connectivity index (χ4n) is 4.21. The molecule has 184 valence electrons. The summed E-state index contributed by atoms with van der Waals surface area (Å²) in [5.41, 5.74) is 2.73. The van der Waals surface area contributed by atoms with Crippen LogP contribution in [0.2, 0.25) is 0 Å². The van der Waals surface area contributed by atoms with E-state index in [4.69, 9.17) is 9.47 Å². The quantitative estimate of drug-likeness (QED) is 0.479. The number of benzene rings is 1. The topological polar surface area (TPSA) is 126 Å². The van der Waals surface area contributed by atoms with Crippen LogP contribution in [0.4, 0.5) is 21.9 Å². The Kier molecular flexibility index (Phi) is 9.17. The van der Waals surface area contributed by atoms with Crippen LogP contribution in [0.15, 0.2) is 30.6 Å². The van der Waals surface area contributed by atoms with E-state index in [0.717, 1.165) is 30.6 Å². The number of hydrogen-bond donors (Lipinski definition) is 3. The van der Waals surface area contributed by atoms with Gasteiger partial charge in [0.2, 0.25) is 0 Å². The minimum absolute atomic E-state index is 0.0724. The number of ether oxygens (including phenoxy) is 2. The molecule has 10 heteroatoms. The fraction of sp³-hybridized carbons (Fsp3) is 0.500. The fourth-order valence-corrected chi connectivity index (χ4v) is 4.21. The van der Waals surface area contributed by atoms with Gasteiger partial charge >= 0.3 is 12.0 Å². The Balaban J connectivity index is 1.92. The molecule has 1 aliphatic rings. The Bertz CT molecular complexity index is 963. The van der Waals surface area contributed by atoms with Crippen molar-refractivity contribution in [2.45, 2.75) is 45.1 Å². The maximum atomic E-state index is 12.9. The van der Waals surface area contributed by atoms with Gasteiger partial charge in [-0.2, -0.15) is 0 Å². The third kappa shape index (κ3) is 6.88. The minimum atomic E-state index is -0.907. The molecule has 1 atom stereocenters. The molecule has 2 aromatic rings. The zero-order valence-electron chi connectivity index (χ0n) is 19.9. The van der Waals surface area contributed by atoms with Crippen molar-refractivity contribution in [3.8, 4) is 0 Å². The van der Waals surface area contributed by atoms with Gasteiger partial charge in [-0.1, -0.05) is 6.07 Å². The highest BCUT2D eigenvalue weighted by atomic mass is 16.5. The molecule has 3 rings (SSSR count). The second kappa shape index (κ2) is 12.3. The SMILES string of the molecule is CCN(c1ccc([C@H](COC)CC(=O)O)cc1NC(=O)Nc1cnc(C)nc1)C1CCOCC1. The van der Waals surface area contributed by atoms with E-state index < -0.39 is 12.0 Å². The van der Waals surface area contributed by atoms with Crippen molar-refractivity contribution in [1.82, 2.24) is 9.97 Å². The lowest BCUT2D eigenvalue weighted by molar-refractivity contribution is -0.137. The summed E-state index contributed by atoms with van der Waals surface area (Å²) in [7, 11) is 1.55. The van der Waals surface area contributed by atoms with Crippen LogP contribution in [0.3, 0.4) is 0 Å². The molecule has 10 nitrogen and oxygen atoms in total. The Morgan fingerprint density at radius 1 is 1.24 bits per heavy atom. The predicted octanol–water partition coefficient (Wildman–Crippen LogP) is 3.64. The maximum Gasteiger partial charge on any atom is 0.323 e. The van der Waals surface area contributed by atoms with Gasteiger partial charge in [0.1, 0.15) is 5.82 Å². The number of anilines is 3. The van der Waals surface area contributed by atoms with E-state index in [2.05, 4.69) is 32.4 Å². The molecule has 0 bridgehead atoms. The number of aryl methyl sites for hydroxylation is 1. The van der Waals surface area contributed by atoms with Crippen LogP contribution in [-0.4, -0.2) is 66.6 Å². The van der Waals surface area contributed by atoms with E-state index in [-0.39, 0.29) is 25.0 Å². The molecule has 2 heterocycles. The number of carbonyl (C=O) groups is 2.